The van der Waals surface area contributed by atoms with Crippen molar-refractivity contribution in [3.63, 3.8) is 0 Å². The Morgan fingerprint density at radius 3 is 2.61 bits per heavy atom. The molecule has 1 aromatic heterocycles. The maximum atomic E-state index is 12.5. The number of nitrogens with zero attached hydrogens (tertiary/aromatic N) is 3. The third-order valence-corrected chi connectivity index (χ3v) is 6.03. The Hall–Kier alpha value is -3.07. The average molecular weight is 446 g/mol. The van der Waals surface area contributed by atoms with Gasteiger partial charge < -0.3 is 19.9 Å². The van der Waals surface area contributed by atoms with Crippen LogP contribution in [0.4, 0.5) is 10.5 Å². The zero-order chi connectivity index (χ0) is 21.8. The molecule has 31 heavy (non-hydrogen) atoms. The van der Waals surface area contributed by atoms with Gasteiger partial charge in [0.05, 0.1) is 18.4 Å². The van der Waals surface area contributed by atoms with Crippen molar-refractivity contribution in [3.05, 3.63) is 57.5 Å². The molecule has 2 aliphatic heterocycles. The molecule has 2 amide bonds. The van der Waals surface area contributed by atoms with Gasteiger partial charge in [-0.05, 0) is 25.0 Å². The molecular formula is C21H24ClN5O4. The van der Waals surface area contributed by atoms with Crippen molar-refractivity contribution in [2.45, 2.75) is 31.4 Å². The first kappa shape index (κ1) is 21.2. The second kappa shape index (κ2) is 9.38. The molecule has 0 spiro atoms. The topological polar surface area (TPSA) is 108 Å². The lowest BCUT2D eigenvalue weighted by atomic mass is 10.0. The standard InChI is InChI=1S/C21H24ClN5O4/c22-18-17(12-23-25-19(18)28)27-11-8-16(13-27)31-21(30)24-15-6-9-26(10-7-15)20(29)14-4-2-1-3-5-14/h1-5,12,15-16H,6-11,13H2,(H,24,30)(H,25,28)/t16-/m1/s1. The minimum atomic E-state index is -0.463. The number of alkyl carbamates (subject to hydrolysis) is 1. The van der Waals surface area contributed by atoms with Crippen LogP contribution in [-0.4, -0.2) is 65.4 Å². The van der Waals surface area contributed by atoms with Crippen molar-refractivity contribution < 1.29 is 14.3 Å². The fourth-order valence-electron chi connectivity index (χ4n) is 3.98. The number of aromatic nitrogens is 2. The first-order valence-electron chi connectivity index (χ1n) is 10.3. The zero-order valence-corrected chi connectivity index (χ0v) is 17.7. The number of nitrogens with one attached hydrogen (secondary N) is 2. The van der Waals surface area contributed by atoms with Gasteiger partial charge in [-0.15, -0.1) is 0 Å². The summed E-state index contributed by atoms with van der Waals surface area (Å²) in [5, 5.41) is 9.06. The molecule has 3 heterocycles. The highest BCUT2D eigenvalue weighted by molar-refractivity contribution is 6.33. The summed E-state index contributed by atoms with van der Waals surface area (Å²) < 4.78 is 5.56. The lowest BCUT2D eigenvalue weighted by molar-refractivity contribution is 0.0693. The van der Waals surface area contributed by atoms with E-state index in [1.54, 1.807) is 0 Å². The summed E-state index contributed by atoms with van der Waals surface area (Å²) in [7, 11) is 0. The maximum Gasteiger partial charge on any atom is 0.407 e. The Morgan fingerprint density at radius 1 is 1.13 bits per heavy atom. The number of carbonyl (C=O) groups excluding carboxylic acids is 2. The molecule has 2 saturated heterocycles. The Kier molecular flexibility index (Phi) is 6.41. The quantitative estimate of drug-likeness (QED) is 0.745. The predicted octanol–water partition coefficient (Wildman–Crippen LogP) is 2.03. The van der Waals surface area contributed by atoms with Gasteiger partial charge in [-0.2, -0.15) is 5.10 Å². The van der Waals surface area contributed by atoms with E-state index in [-0.39, 0.29) is 23.1 Å². The minimum absolute atomic E-state index is 0.0144. The largest absolute Gasteiger partial charge is 0.444 e. The summed E-state index contributed by atoms with van der Waals surface area (Å²) in [6, 6.07) is 9.17. The van der Waals surface area contributed by atoms with E-state index in [1.807, 2.05) is 40.1 Å². The fraction of sp³-hybridized carbons (Fsp3) is 0.429. The molecule has 2 aromatic rings. The van der Waals surface area contributed by atoms with Crippen LogP contribution in [0.2, 0.25) is 5.02 Å². The normalized spacial score (nSPS) is 19.3. The third kappa shape index (κ3) is 4.99. The highest BCUT2D eigenvalue weighted by Crippen LogP contribution is 2.25. The van der Waals surface area contributed by atoms with Crippen molar-refractivity contribution in [3.8, 4) is 0 Å². The van der Waals surface area contributed by atoms with Gasteiger partial charge in [0.1, 0.15) is 11.1 Å². The van der Waals surface area contributed by atoms with Crippen molar-refractivity contribution >= 4 is 29.3 Å². The number of aromatic amines is 1. The summed E-state index contributed by atoms with van der Waals surface area (Å²) in [5.41, 5.74) is 0.764. The van der Waals surface area contributed by atoms with Crippen LogP contribution < -0.4 is 15.8 Å². The van der Waals surface area contributed by atoms with E-state index in [9.17, 15) is 14.4 Å². The van der Waals surface area contributed by atoms with Crippen LogP contribution in [0.15, 0.2) is 41.3 Å². The molecule has 2 N–H and O–H groups in total. The molecule has 0 bridgehead atoms. The number of hydrogen-bond donors (Lipinski definition) is 2. The monoisotopic (exact) mass is 445 g/mol. The van der Waals surface area contributed by atoms with Crippen LogP contribution in [0.3, 0.4) is 0 Å². The molecule has 10 heteroatoms. The van der Waals surface area contributed by atoms with Gasteiger partial charge in [0.15, 0.2) is 0 Å². The molecule has 1 atom stereocenters. The van der Waals surface area contributed by atoms with Crippen LogP contribution in [0.25, 0.3) is 0 Å². The number of anilines is 1. The summed E-state index contributed by atoms with van der Waals surface area (Å²) in [6.45, 7) is 2.24. The molecule has 2 aliphatic rings. The van der Waals surface area contributed by atoms with E-state index in [2.05, 4.69) is 15.5 Å². The highest BCUT2D eigenvalue weighted by Gasteiger charge is 2.29. The smallest absolute Gasteiger partial charge is 0.407 e. The number of likely N-dealkylation sites (tertiary alicyclic amines) is 1. The van der Waals surface area contributed by atoms with E-state index < -0.39 is 11.7 Å². The number of halogens is 1. The van der Waals surface area contributed by atoms with Crippen molar-refractivity contribution in [2.24, 2.45) is 0 Å². The first-order valence-corrected chi connectivity index (χ1v) is 10.7. The number of hydrogen-bond acceptors (Lipinski definition) is 6. The lowest BCUT2D eigenvalue weighted by Gasteiger charge is -2.32. The number of benzene rings is 1. The molecule has 1 aromatic carbocycles. The number of amides is 2. The SMILES string of the molecule is O=C(NC1CCN(C(=O)c2ccccc2)CC1)O[C@@H]1CCN(c2cn[nH]c(=O)c2Cl)C1. The number of ether oxygens (including phenoxy) is 1. The maximum absolute atomic E-state index is 12.5. The van der Waals surface area contributed by atoms with Crippen molar-refractivity contribution in [1.29, 1.82) is 0 Å². The molecule has 0 unspecified atom stereocenters. The molecule has 4 rings (SSSR count). The van der Waals surface area contributed by atoms with E-state index in [0.29, 0.717) is 56.7 Å². The van der Waals surface area contributed by atoms with Gasteiger partial charge in [-0.3, -0.25) is 9.59 Å². The van der Waals surface area contributed by atoms with E-state index in [1.165, 1.54) is 6.20 Å². The molecule has 0 aliphatic carbocycles. The van der Waals surface area contributed by atoms with Gasteiger partial charge in [0, 0.05) is 37.7 Å². The number of H-pyrrole nitrogens is 1. The van der Waals surface area contributed by atoms with Gasteiger partial charge in [-0.1, -0.05) is 29.8 Å². The Morgan fingerprint density at radius 2 is 1.87 bits per heavy atom. The van der Waals surface area contributed by atoms with Crippen LogP contribution in [-0.2, 0) is 4.74 Å². The van der Waals surface area contributed by atoms with Crippen molar-refractivity contribution in [1.82, 2.24) is 20.4 Å². The fourth-order valence-corrected chi connectivity index (χ4v) is 4.19. The van der Waals surface area contributed by atoms with E-state index in [0.717, 1.165) is 0 Å². The third-order valence-electron chi connectivity index (χ3n) is 5.66. The summed E-state index contributed by atoms with van der Waals surface area (Å²) in [4.78, 5) is 40.2. The number of piperidine rings is 1. The van der Waals surface area contributed by atoms with Gasteiger partial charge in [-0.25, -0.2) is 9.89 Å². The summed E-state index contributed by atoms with van der Waals surface area (Å²) in [6.07, 6.45) is 2.74. The summed E-state index contributed by atoms with van der Waals surface area (Å²) in [5.74, 6) is 0.0144. The van der Waals surface area contributed by atoms with Crippen LogP contribution in [0.5, 0.6) is 0 Å². The van der Waals surface area contributed by atoms with E-state index in [4.69, 9.17) is 16.3 Å². The van der Waals surface area contributed by atoms with Crippen molar-refractivity contribution in [2.75, 3.05) is 31.1 Å². The Balaban J connectivity index is 1.23. The van der Waals surface area contributed by atoms with E-state index >= 15 is 0 Å². The highest BCUT2D eigenvalue weighted by atomic mass is 35.5. The number of rotatable bonds is 4. The molecule has 164 valence electrons. The van der Waals surface area contributed by atoms with Crippen LogP contribution in [0, 0.1) is 0 Å². The molecule has 0 saturated carbocycles. The lowest BCUT2D eigenvalue weighted by Crippen LogP contribution is -2.47. The van der Waals surface area contributed by atoms with Gasteiger partial charge in [0.2, 0.25) is 0 Å². The van der Waals surface area contributed by atoms with Crippen LogP contribution in [0.1, 0.15) is 29.6 Å². The molecular weight excluding hydrogens is 422 g/mol. The van der Waals surface area contributed by atoms with Gasteiger partial charge in [0.25, 0.3) is 11.5 Å². The molecule has 0 radical (unpaired) electrons. The molecule has 2 fully saturated rings. The second-order valence-corrected chi connectivity index (χ2v) is 8.12. The summed E-state index contributed by atoms with van der Waals surface area (Å²) >= 11 is 6.06. The Bertz CT molecular complexity index is 991. The second-order valence-electron chi connectivity index (χ2n) is 7.74. The first-order chi connectivity index (χ1) is 15.0. The molecule has 9 nitrogen and oxygen atoms in total. The minimum Gasteiger partial charge on any atom is -0.444 e. The Labute approximate surface area is 184 Å². The zero-order valence-electron chi connectivity index (χ0n) is 16.9. The van der Waals surface area contributed by atoms with Gasteiger partial charge >= 0.3 is 6.09 Å². The van der Waals surface area contributed by atoms with Crippen LogP contribution >= 0.6 is 11.6 Å². The predicted molar refractivity (Wildman–Crippen MR) is 115 cm³/mol. The number of carbonyl (C=O) groups is 2. The average Bonchev–Trinajstić information content (AvgIpc) is 3.24.